The highest BCUT2D eigenvalue weighted by Crippen LogP contribution is 2.25. The number of nitrogens with one attached hydrogen (secondary N) is 1. The second-order valence-electron chi connectivity index (χ2n) is 7.28. The van der Waals surface area contributed by atoms with E-state index in [4.69, 9.17) is 4.74 Å². The van der Waals surface area contributed by atoms with Gasteiger partial charge in [-0.2, -0.15) is 0 Å². The van der Waals surface area contributed by atoms with E-state index in [0.29, 0.717) is 10.5 Å². The van der Waals surface area contributed by atoms with Crippen LogP contribution < -0.4 is 10.1 Å². The quantitative estimate of drug-likeness (QED) is 0.618. The molecule has 150 valence electrons. The molecule has 6 heteroatoms. The van der Waals surface area contributed by atoms with Gasteiger partial charge in [-0.15, -0.1) is 0 Å². The predicted octanol–water partition coefficient (Wildman–Crippen LogP) is 5.37. The number of para-hydroxylation sites is 1. The minimum atomic E-state index is -0.503. The topological polar surface area (TPSA) is 41.6 Å². The smallest absolute Gasteiger partial charge is 0.262 e. The molecular formula is C22H26BrFN2O2. The highest BCUT2D eigenvalue weighted by molar-refractivity contribution is 9.10. The molecule has 0 aromatic heterocycles. The molecule has 28 heavy (non-hydrogen) atoms. The van der Waals surface area contributed by atoms with E-state index in [1.807, 2.05) is 24.3 Å². The van der Waals surface area contributed by atoms with E-state index >= 15 is 0 Å². The van der Waals surface area contributed by atoms with E-state index in [0.717, 1.165) is 17.8 Å². The zero-order chi connectivity index (χ0) is 19.9. The minimum absolute atomic E-state index is 0.0590. The zero-order valence-corrected chi connectivity index (χ0v) is 17.7. The molecule has 0 radical (unpaired) electrons. The maximum absolute atomic E-state index is 13.8. The van der Waals surface area contributed by atoms with Crippen LogP contribution in [0.15, 0.2) is 46.9 Å². The van der Waals surface area contributed by atoms with Crippen LogP contribution in [0.3, 0.4) is 0 Å². The van der Waals surface area contributed by atoms with Crippen LogP contribution in [0.2, 0.25) is 0 Å². The van der Waals surface area contributed by atoms with Gasteiger partial charge < -0.3 is 10.1 Å². The van der Waals surface area contributed by atoms with Crippen molar-refractivity contribution in [1.82, 2.24) is 4.90 Å². The van der Waals surface area contributed by atoms with Gasteiger partial charge in [-0.25, -0.2) is 4.39 Å². The number of rotatable bonds is 7. The van der Waals surface area contributed by atoms with E-state index in [1.165, 1.54) is 44.2 Å². The molecule has 3 rings (SSSR count). The number of ether oxygens (including phenoxy) is 1. The fourth-order valence-corrected chi connectivity index (χ4v) is 3.95. The van der Waals surface area contributed by atoms with Crippen molar-refractivity contribution in [3.63, 3.8) is 0 Å². The van der Waals surface area contributed by atoms with Crippen LogP contribution in [-0.2, 0) is 11.3 Å². The molecule has 1 aliphatic rings. The summed E-state index contributed by atoms with van der Waals surface area (Å²) in [6.45, 7) is 0.536. The number of amides is 1. The SMILES string of the molecule is CN(Cc1ccccc1NC(=O)COc1ccc(Br)cc1F)C1CCCCC1. The predicted molar refractivity (Wildman–Crippen MR) is 113 cm³/mol. The Morgan fingerprint density at radius 1 is 1.21 bits per heavy atom. The van der Waals surface area contributed by atoms with Crippen LogP contribution in [0.1, 0.15) is 37.7 Å². The molecule has 1 N–H and O–H groups in total. The summed E-state index contributed by atoms with van der Waals surface area (Å²) >= 11 is 3.20. The summed E-state index contributed by atoms with van der Waals surface area (Å²) in [6.07, 6.45) is 6.37. The van der Waals surface area contributed by atoms with E-state index < -0.39 is 5.82 Å². The summed E-state index contributed by atoms with van der Waals surface area (Å²) in [7, 11) is 2.15. The standard InChI is InChI=1S/C22H26BrFN2O2/c1-26(18-8-3-2-4-9-18)14-16-7-5-6-10-20(16)25-22(27)15-28-21-12-11-17(23)13-19(21)24/h5-7,10-13,18H,2-4,8-9,14-15H2,1H3,(H,25,27). The fourth-order valence-electron chi connectivity index (χ4n) is 3.62. The first-order valence-electron chi connectivity index (χ1n) is 9.69. The third kappa shape index (κ3) is 5.79. The van der Waals surface area contributed by atoms with Gasteiger partial charge in [-0.05, 0) is 49.7 Å². The molecule has 0 aliphatic heterocycles. The molecule has 4 nitrogen and oxygen atoms in total. The first-order chi connectivity index (χ1) is 13.5. The van der Waals surface area contributed by atoms with Gasteiger partial charge in [0.25, 0.3) is 5.91 Å². The van der Waals surface area contributed by atoms with E-state index in [-0.39, 0.29) is 18.3 Å². The van der Waals surface area contributed by atoms with Gasteiger partial charge in [0.05, 0.1) is 0 Å². The maximum Gasteiger partial charge on any atom is 0.262 e. The van der Waals surface area contributed by atoms with Crippen molar-refractivity contribution in [2.24, 2.45) is 0 Å². The average molecular weight is 449 g/mol. The van der Waals surface area contributed by atoms with Crippen molar-refractivity contribution >= 4 is 27.5 Å². The van der Waals surface area contributed by atoms with Crippen molar-refractivity contribution in [3.05, 3.63) is 58.3 Å². The van der Waals surface area contributed by atoms with E-state index in [1.54, 1.807) is 6.07 Å². The average Bonchev–Trinajstić information content (AvgIpc) is 2.69. The summed E-state index contributed by atoms with van der Waals surface area (Å²) in [5.41, 5.74) is 1.84. The molecule has 2 aromatic carbocycles. The molecule has 0 spiro atoms. The third-order valence-corrected chi connectivity index (χ3v) is 5.66. The van der Waals surface area contributed by atoms with Crippen molar-refractivity contribution in [1.29, 1.82) is 0 Å². The number of hydrogen-bond acceptors (Lipinski definition) is 3. The molecule has 0 bridgehead atoms. The Kier molecular flexibility index (Phi) is 7.45. The van der Waals surface area contributed by atoms with Gasteiger partial charge in [0.2, 0.25) is 0 Å². The lowest BCUT2D eigenvalue weighted by Gasteiger charge is -2.31. The number of anilines is 1. The summed E-state index contributed by atoms with van der Waals surface area (Å²) in [6, 6.07) is 12.9. The van der Waals surface area contributed by atoms with Crippen LogP contribution in [0, 0.1) is 5.82 Å². The van der Waals surface area contributed by atoms with Gasteiger partial charge >= 0.3 is 0 Å². The highest BCUT2D eigenvalue weighted by Gasteiger charge is 2.19. The summed E-state index contributed by atoms with van der Waals surface area (Å²) in [4.78, 5) is 14.7. The lowest BCUT2D eigenvalue weighted by molar-refractivity contribution is -0.118. The first-order valence-corrected chi connectivity index (χ1v) is 10.5. The minimum Gasteiger partial charge on any atom is -0.481 e. The number of carbonyl (C=O) groups is 1. The number of carbonyl (C=O) groups excluding carboxylic acids is 1. The van der Waals surface area contributed by atoms with Crippen LogP contribution in [-0.4, -0.2) is 30.5 Å². The Labute approximate surface area is 174 Å². The summed E-state index contributed by atoms with van der Waals surface area (Å²) in [5, 5.41) is 2.90. The number of nitrogens with zero attached hydrogens (tertiary/aromatic N) is 1. The van der Waals surface area contributed by atoms with Crippen molar-refractivity contribution in [2.75, 3.05) is 19.0 Å². The number of benzene rings is 2. The summed E-state index contributed by atoms with van der Waals surface area (Å²) < 4.78 is 19.8. The van der Waals surface area contributed by atoms with Crippen molar-refractivity contribution in [3.8, 4) is 5.75 Å². The monoisotopic (exact) mass is 448 g/mol. The van der Waals surface area contributed by atoms with Crippen molar-refractivity contribution in [2.45, 2.75) is 44.7 Å². The maximum atomic E-state index is 13.8. The van der Waals surface area contributed by atoms with Gasteiger partial charge in [0.15, 0.2) is 18.2 Å². The van der Waals surface area contributed by atoms with Gasteiger partial charge in [-0.1, -0.05) is 53.4 Å². The lowest BCUT2D eigenvalue weighted by atomic mass is 9.94. The van der Waals surface area contributed by atoms with Gasteiger partial charge in [-0.3, -0.25) is 9.69 Å². The Morgan fingerprint density at radius 3 is 2.71 bits per heavy atom. The number of halogens is 2. The third-order valence-electron chi connectivity index (χ3n) is 5.16. The molecule has 1 saturated carbocycles. The van der Waals surface area contributed by atoms with E-state index in [9.17, 15) is 9.18 Å². The van der Waals surface area contributed by atoms with Crippen LogP contribution in [0.5, 0.6) is 5.75 Å². The Morgan fingerprint density at radius 2 is 1.96 bits per heavy atom. The summed E-state index contributed by atoms with van der Waals surface area (Å²) in [5.74, 6) is -0.754. The van der Waals surface area contributed by atoms with Crippen LogP contribution in [0.4, 0.5) is 10.1 Å². The molecular weight excluding hydrogens is 423 g/mol. The largest absolute Gasteiger partial charge is 0.481 e. The van der Waals surface area contributed by atoms with Crippen LogP contribution >= 0.6 is 15.9 Å². The molecule has 0 saturated heterocycles. The molecule has 1 amide bonds. The second-order valence-corrected chi connectivity index (χ2v) is 8.19. The Bertz CT molecular complexity index is 809. The molecule has 0 atom stereocenters. The van der Waals surface area contributed by atoms with E-state index in [2.05, 4.69) is 33.2 Å². The molecule has 1 fully saturated rings. The molecule has 2 aromatic rings. The first kappa shape index (κ1) is 20.8. The van der Waals surface area contributed by atoms with Gasteiger partial charge in [0, 0.05) is 22.7 Å². The molecule has 1 aliphatic carbocycles. The second kappa shape index (κ2) is 10.0. The Hall–Kier alpha value is -1.92. The van der Waals surface area contributed by atoms with Crippen molar-refractivity contribution < 1.29 is 13.9 Å². The lowest BCUT2D eigenvalue weighted by Crippen LogP contribution is -2.33. The van der Waals surface area contributed by atoms with Gasteiger partial charge in [0.1, 0.15) is 0 Å². The van der Waals surface area contributed by atoms with Crippen LogP contribution in [0.25, 0.3) is 0 Å². The zero-order valence-electron chi connectivity index (χ0n) is 16.1. The number of hydrogen-bond donors (Lipinski definition) is 1. The molecule has 0 unspecified atom stereocenters. The highest BCUT2D eigenvalue weighted by atomic mass is 79.9. The normalized spacial score (nSPS) is 14.9. The Balaban J connectivity index is 1.58. The fraction of sp³-hybridized carbons (Fsp3) is 0.409. The molecule has 0 heterocycles.